The molecule has 4 N–H and O–H groups in total. The Balaban J connectivity index is 3.87. The van der Waals surface area contributed by atoms with Gasteiger partial charge in [0.1, 0.15) is 6.54 Å². The highest BCUT2D eigenvalue weighted by molar-refractivity contribution is 4.25. The molecule has 0 bridgehead atoms. The molecule has 0 aromatic rings. The Morgan fingerprint density at radius 3 is 1.30 bits per heavy atom. The largest absolute Gasteiger partial charge is 0.391 e. The number of rotatable bonds is 5. The van der Waals surface area contributed by atoms with Crippen molar-refractivity contribution < 1.29 is 24.9 Å². The lowest BCUT2D eigenvalue weighted by Gasteiger charge is -2.30. The fraction of sp³-hybridized carbons (Fsp3) is 1.00. The van der Waals surface area contributed by atoms with E-state index in [0.29, 0.717) is 0 Å². The molecule has 0 aliphatic heterocycles. The van der Waals surface area contributed by atoms with Crippen molar-refractivity contribution in [3.05, 3.63) is 0 Å². The summed E-state index contributed by atoms with van der Waals surface area (Å²) >= 11 is 0. The van der Waals surface area contributed by atoms with Crippen molar-refractivity contribution >= 4 is 0 Å². The third-order valence-corrected chi connectivity index (χ3v) is 1.47. The maximum Gasteiger partial charge on any atom is 0.184 e. The first kappa shape index (κ1) is 9.80. The van der Waals surface area contributed by atoms with E-state index in [-0.39, 0.29) is 37.8 Å². The van der Waals surface area contributed by atoms with Crippen molar-refractivity contribution in [3.8, 4) is 0 Å². The quantitative estimate of drug-likeness (QED) is 0.262. The molecule has 0 fully saturated rings. The zero-order valence-electron chi connectivity index (χ0n) is 5.77. The lowest BCUT2D eigenvalue weighted by atomic mass is 10.5. The Hall–Kier alpha value is -0.200. The number of nitrogens with zero attached hydrogens (tertiary/aromatic N) is 1. The Morgan fingerprint density at radius 1 is 0.800 bits per heavy atom. The molecule has 10 heavy (non-hydrogen) atoms. The number of hydrogen-bond donors (Lipinski definition) is 4. The molecular weight excluding hydrogens is 138 g/mol. The molecule has 0 aromatic carbocycles. The average Bonchev–Trinajstić information content (AvgIpc) is 2.01. The fourth-order valence-corrected chi connectivity index (χ4v) is 0.558. The SMILES string of the molecule is OCC[N+](CO)(CO)CO. The molecule has 0 radical (unpaired) electrons. The van der Waals surface area contributed by atoms with Gasteiger partial charge in [-0.15, -0.1) is 0 Å². The van der Waals surface area contributed by atoms with Crippen LogP contribution in [0.25, 0.3) is 0 Å². The highest BCUT2D eigenvalue weighted by Crippen LogP contribution is 1.99. The standard InChI is InChI=1S/C5H14NO4/c7-2-1-6(3-8,4-9)5-10/h7-10H,1-5H2/q+1. The maximum atomic E-state index is 8.65. The van der Waals surface area contributed by atoms with Gasteiger partial charge in [-0.3, -0.25) is 4.48 Å². The van der Waals surface area contributed by atoms with E-state index >= 15 is 0 Å². The van der Waals surface area contributed by atoms with Crippen LogP contribution in [0.5, 0.6) is 0 Å². The van der Waals surface area contributed by atoms with E-state index in [0.717, 1.165) is 0 Å². The van der Waals surface area contributed by atoms with E-state index in [1.165, 1.54) is 0 Å². The summed E-state index contributed by atoms with van der Waals surface area (Å²) < 4.78 is -0.281. The highest BCUT2D eigenvalue weighted by Gasteiger charge is 2.22. The Kier molecular flexibility index (Phi) is 4.50. The van der Waals surface area contributed by atoms with Crippen LogP contribution in [0.15, 0.2) is 0 Å². The van der Waals surface area contributed by atoms with E-state index < -0.39 is 0 Å². The monoisotopic (exact) mass is 152 g/mol. The van der Waals surface area contributed by atoms with Crippen molar-refractivity contribution in [2.24, 2.45) is 0 Å². The second-order valence-corrected chi connectivity index (χ2v) is 2.21. The van der Waals surface area contributed by atoms with Crippen LogP contribution in [0.4, 0.5) is 0 Å². The summed E-state index contributed by atoms with van der Waals surface area (Å²) in [7, 11) is 0. The summed E-state index contributed by atoms with van der Waals surface area (Å²) in [6.45, 7) is -1.11. The lowest BCUT2D eigenvalue weighted by Crippen LogP contribution is -2.51. The lowest BCUT2D eigenvalue weighted by molar-refractivity contribution is -0.976. The van der Waals surface area contributed by atoms with Crippen LogP contribution in [0.3, 0.4) is 0 Å². The second kappa shape index (κ2) is 4.59. The van der Waals surface area contributed by atoms with Crippen LogP contribution >= 0.6 is 0 Å². The van der Waals surface area contributed by atoms with Crippen LogP contribution < -0.4 is 0 Å². The molecule has 5 nitrogen and oxygen atoms in total. The first-order valence-corrected chi connectivity index (χ1v) is 3.03. The molecule has 0 aliphatic rings. The molecule has 0 aliphatic carbocycles. The molecule has 0 heterocycles. The van der Waals surface area contributed by atoms with E-state index in [4.69, 9.17) is 20.4 Å². The minimum absolute atomic E-state index is 0.156. The third-order valence-electron chi connectivity index (χ3n) is 1.47. The first-order chi connectivity index (χ1) is 4.74. The summed E-state index contributed by atoms with van der Waals surface area (Å²) in [5.74, 6) is 0. The number of aliphatic hydroxyl groups is 4. The molecular formula is C5H14NO4+. The van der Waals surface area contributed by atoms with E-state index in [2.05, 4.69) is 0 Å². The number of quaternary nitrogens is 1. The second-order valence-electron chi connectivity index (χ2n) is 2.21. The minimum Gasteiger partial charge on any atom is -0.391 e. The van der Waals surface area contributed by atoms with Gasteiger partial charge in [-0.1, -0.05) is 0 Å². The first-order valence-electron chi connectivity index (χ1n) is 3.03. The molecule has 0 saturated carbocycles. The summed E-state index contributed by atoms with van der Waals surface area (Å²) in [6, 6.07) is 0. The van der Waals surface area contributed by atoms with Gasteiger partial charge >= 0.3 is 0 Å². The molecule has 0 spiro atoms. The van der Waals surface area contributed by atoms with Gasteiger partial charge in [-0.25, -0.2) is 0 Å². The van der Waals surface area contributed by atoms with Crippen LogP contribution in [-0.2, 0) is 0 Å². The molecule has 0 aromatic heterocycles. The smallest absolute Gasteiger partial charge is 0.184 e. The summed E-state index contributed by atoms with van der Waals surface area (Å²) in [5.41, 5.74) is 0. The van der Waals surface area contributed by atoms with Crippen molar-refractivity contribution in [2.45, 2.75) is 0 Å². The van der Waals surface area contributed by atoms with Crippen molar-refractivity contribution in [1.82, 2.24) is 0 Å². The fourth-order valence-electron chi connectivity index (χ4n) is 0.558. The van der Waals surface area contributed by atoms with Gasteiger partial charge in [0, 0.05) is 0 Å². The predicted octanol–water partition coefficient (Wildman–Crippen LogP) is -2.36. The van der Waals surface area contributed by atoms with Crippen LogP contribution in [0.1, 0.15) is 0 Å². The summed E-state index contributed by atoms with van der Waals surface area (Å²) in [4.78, 5) is 0. The topological polar surface area (TPSA) is 80.9 Å². The molecule has 0 unspecified atom stereocenters. The highest BCUT2D eigenvalue weighted by atomic mass is 16.4. The molecule has 0 rings (SSSR count). The minimum atomic E-state index is -0.367. The van der Waals surface area contributed by atoms with Crippen LogP contribution in [0, 0.1) is 0 Å². The van der Waals surface area contributed by atoms with Crippen molar-refractivity contribution in [2.75, 3.05) is 33.3 Å². The van der Waals surface area contributed by atoms with Gasteiger partial charge in [0.2, 0.25) is 0 Å². The van der Waals surface area contributed by atoms with Crippen LogP contribution in [0.2, 0.25) is 0 Å². The molecule has 0 saturated heterocycles. The molecule has 0 amide bonds. The van der Waals surface area contributed by atoms with E-state index in [1.807, 2.05) is 0 Å². The molecule has 62 valence electrons. The third kappa shape index (κ3) is 2.20. The maximum absolute atomic E-state index is 8.65. The van der Waals surface area contributed by atoms with Crippen LogP contribution in [-0.4, -0.2) is 58.3 Å². The predicted molar refractivity (Wildman–Crippen MR) is 33.5 cm³/mol. The zero-order chi connectivity index (χ0) is 8.04. The van der Waals surface area contributed by atoms with E-state index in [9.17, 15) is 0 Å². The van der Waals surface area contributed by atoms with Gasteiger partial charge < -0.3 is 20.4 Å². The van der Waals surface area contributed by atoms with E-state index in [1.54, 1.807) is 0 Å². The van der Waals surface area contributed by atoms with Gasteiger partial charge in [-0.2, -0.15) is 0 Å². The number of aliphatic hydroxyl groups excluding tert-OH is 4. The number of hydrogen-bond acceptors (Lipinski definition) is 4. The Labute approximate surface area is 59.3 Å². The van der Waals surface area contributed by atoms with Gasteiger partial charge in [-0.05, 0) is 0 Å². The van der Waals surface area contributed by atoms with Gasteiger partial charge in [0.05, 0.1) is 6.61 Å². The molecule has 0 atom stereocenters. The van der Waals surface area contributed by atoms with Gasteiger partial charge in [0.25, 0.3) is 0 Å². The average molecular weight is 152 g/mol. The van der Waals surface area contributed by atoms with Gasteiger partial charge in [0.15, 0.2) is 20.2 Å². The normalized spacial score (nSPS) is 12.0. The van der Waals surface area contributed by atoms with Crippen molar-refractivity contribution in [3.63, 3.8) is 0 Å². The Bertz CT molecular complexity index is 75.5. The van der Waals surface area contributed by atoms with Crippen molar-refractivity contribution in [1.29, 1.82) is 0 Å². The zero-order valence-corrected chi connectivity index (χ0v) is 5.77. The Morgan fingerprint density at radius 2 is 1.20 bits per heavy atom. The summed E-state index contributed by atoms with van der Waals surface area (Å²) in [5, 5.41) is 34.4. The summed E-state index contributed by atoms with van der Waals surface area (Å²) in [6.07, 6.45) is 0. The molecule has 5 heteroatoms.